The molecule has 32 heavy (non-hydrogen) atoms. The Bertz CT molecular complexity index is 1050. The van der Waals surface area contributed by atoms with Gasteiger partial charge in [0.05, 0.1) is 0 Å². The number of ether oxygens (including phenoxy) is 2. The van der Waals surface area contributed by atoms with E-state index in [1.165, 1.54) is 0 Å². The molecule has 0 atom stereocenters. The first kappa shape index (κ1) is 23.3. The van der Waals surface area contributed by atoms with Crippen LogP contribution in [0.25, 0.3) is 0 Å². The van der Waals surface area contributed by atoms with Crippen LogP contribution in [0.2, 0.25) is 0 Å². The second-order valence-electron chi connectivity index (χ2n) is 7.43. The Balaban J connectivity index is 1.45. The number of carbonyl (C=O) groups excluding carboxylic acids is 2. The predicted octanol–water partition coefficient (Wildman–Crippen LogP) is 4.99. The molecule has 0 saturated heterocycles. The predicted molar refractivity (Wildman–Crippen MR) is 127 cm³/mol. The number of hydrogen-bond acceptors (Lipinski definition) is 4. The quantitative estimate of drug-likeness (QED) is 0.430. The van der Waals surface area contributed by atoms with Crippen molar-refractivity contribution in [3.8, 4) is 11.5 Å². The lowest BCUT2D eigenvalue weighted by Gasteiger charge is -2.14. The van der Waals surface area contributed by atoms with Crippen molar-refractivity contribution >= 4 is 27.7 Å². The Morgan fingerprint density at radius 3 is 2.31 bits per heavy atom. The average Bonchev–Trinajstić information content (AvgIpc) is 2.81. The van der Waals surface area contributed by atoms with Crippen molar-refractivity contribution in [3.63, 3.8) is 0 Å². The average molecular weight is 497 g/mol. The molecule has 0 bridgehead atoms. The number of rotatable bonds is 8. The van der Waals surface area contributed by atoms with Crippen LogP contribution < -0.4 is 20.3 Å². The summed E-state index contributed by atoms with van der Waals surface area (Å²) in [5.74, 6) is 0.636. The summed E-state index contributed by atoms with van der Waals surface area (Å²) in [4.78, 5) is 24.4. The van der Waals surface area contributed by atoms with Gasteiger partial charge in [-0.2, -0.15) is 0 Å². The summed E-state index contributed by atoms with van der Waals surface area (Å²) < 4.78 is 12.3. The minimum atomic E-state index is -0.459. The molecule has 0 aromatic heterocycles. The van der Waals surface area contributed by atoms with Gasteiger partial charge in [0.25, 0.3) is 11.8 Å². The first-order chi connectivity index (χ1) is 15.4. The summed E-state index contributed by atoms with van der Waals surface area (Å²) in [6.07, 6.45) is 0. The van der Waals surface area contributed by atoms with E-state index in [4.69, 9.17) is 9.47 Å². The molecule has 0 aliphatic rings. The molecule has 2 amide bonds. The van der Waals surface area contributed by atoms with Crippen LogP contribution in [0.1, 0.15) is 41.3 Å². The van der Waals surface area contributed by atoms with Gasteiger partial charge in [-0.1, -0.05) is 60.1 Å². The molecule has 3 rings (SSSR count). The smallest absolute Gasteiger partial charge is 0.276 e. The molecule has 7 heteroatoms. The zero-order valence-electron chi connectivity index (χ0n) is 17.9. The SMILES string of the molecule is CC(C)c1cc(Br)ccc1OCC(=O)NNC(=O)c1ccc(OCc2ccccc2)cc1. The molecule has 0 spiro atoms. The maximum atomic E-state index is 12.3. The van der Waals surface area contributed by atoms with Crippen molar-refractivity contribution < 1.29 is 19.1 Å². The lowest BCUT2D eigenvalue weighted by Crippen LogP contribution is -2.43. The molecule has 0 radical (unpaired) electrons. The topological polar surface area (TPSA) is 76.7 Å². The van der Waals surface area contributed by atoms with Crippen molar-refractivity contribution in [3.05, 3.63) is 94.0 Å². The van der Waals surface area contributed by atoms with Crippen LogP contribution in [0.5, 0.6) is 11.5 Å². The standard InChI is InChI=1S/C25H25BrN2O4/c1-17(2)22-14-20(26)10-13-23(22)32-16-24(29)27-28-25(30)19-8-11-21(12-9-19)31-15-18-6-4-3-5-7-18/h3-14,17H,15-16H2,1-2H3,(H,27,29)(H,28,30). The third-order valence-electron chi connectivity index (χ3n) is 4.63. The summed E-state index contributed by atoms with van der Waals surface area (Å²) in [6, 6.07) is 22.1. The molecule has 6 nitrogen and oxygen atoms in total. The Hall–Kier alpha value is -3.32. The number of amides is 2. The third-order valence-corrected chi connectivity index (χ3v) is 5.13. The van der Waals surface area contributed by atoms with Crippen LogP contribution in [0.3, 0.4) is 0 Å². The van der Waals surface area contributed by atoms with Crippen molar-refractivity contribution in [1.29, 1.82) is 0 Å². The minimum absolute atomic E-state index is 0.214. The van der Waals surface area contributed by atoms with Gasteiger partial charge in [-0.05, 0) is 59.5 Å². The van der Waals surface area contributed by atoms with E-state index in [1.807, 2.05) is 62.4 Å². The maximum absolute atomic E-state index is 12.3. The molecule has 2 N–H and O–H groups in total. The van der Waals surface area contributed by atoms with E-state index in [0.717, 1.165) is 15.6 Å². The van der Waals surface area contributed by atoms with Gasteiger partial charge in [0.2, 0.25) is 0 Å². The van der Waals surface area contributed by atoms with Gasteiger partial charge in [0.15, 0.2) is 6.61 Å². The molecule has 0 aliphatic carbocycles. The van der Waals surface area contributed by atoms with Gasteiger partial charge in [-0.25, -0.2) is 0 Å². The highest BCUT2D eigenvalue weighted by Crippen LogP contribution is 2.29. The largest absolute Gasteiger partial charge is 0.489 e. The van der Waals surface area contributed by atoms with E-state index >= 15 is 0 Å². The fourth-order valence-corrected chi connectivity index (χ4v) is 3.30. The highest BCUT2D eigenvalue weighted by Gasteiger charge is 2.12. The van der Waals surface area contributed by atoms with Crippen LogP contribution in [0.4, 0.5) is 0 Å². The molecule has 3 aromatic rings. The summed E-state index contributed by atoms with van der Waals surface area (Å²) in [7, 11) is 0. The number of hydrogen-bond donors (Lipinski definition) is 2. The highest BCUT2D eigenvalue weighted by atomic mass is 79.9. The fourth-order valence-electron chi connectivity index (χ4n) is 2.92. The second kappa shape index (κ2) is 11.3. The molecule has 0 unspecified atom stereocenters. The van der Waals surface area contributed by atoms with Gasteiger partial charge >= 0.3 is 0 Å². The van der Waals surface area contributed by atoms with E-state index in [2.05, 4.69) is 26.8 Å². The normalized spacial score (nSPS) is 10.5. The number of carbonyl (C=O) groups is 2. The van der Waals surface area contributed by atoms with E-state index in [-0.39, 0.29) is 12.5 Å². The zero-order valence-corrected chi connectivity index (χ0v) is 19.5. The number of halogens is 1. The van der Waals surface area contributed by atoms with E-state index in [0.29, 0.717) is 23.7 Å². The van der Waals surface area contributed by atoms with Gasteiger partial charge in [0.1, 0.15) is 18.1 Å². The van der Waals surface area contributed by atoms with Crippen LogP contribution in [0, 0.1) is 0 Å². The first-order valence-corrected chi connectivity index (χ1v) is 11.0. The first-order valence-electron chi connectivity index (χ1n) is 10.2. The van der Waals surface area contributed by atoms with Crippen LogP contribution in [0.15, 0.2) is 77.3 Å². The van der Waals surface area contributed by atoms with Crippen LogP contribution in [-0.2, 0) is 11.4 Å². The number of hydrazine groups is 1. The van der Waals surface area contributed by atoms with Crippen molar-refractivity contribution in [2.75, 3.05) is 6.61 Å². The van der Waals surface area contributed by atoms with Crippen molar-refractivity contribution in [1.82, 2.24) is 10.9 Å². The summed E-state index contributed by atoms with van der Waals surface area (Å²) in [5, 5.41) is 0. The van der Waals surface area contributed by atoms with E-state index < -0.39 is 11.8 Å². The summed E-state index contributed by atoms with van der Waals surface area (Å²) >= 11 is 3.44. The maximum Gasteiger partial charge on any atom is 0.276 e. The van der Waals surface area contributed by atoms with Crippen LogP contribution in [-0.4, -0.2) is 18.4 Å². The summed E-state index contributed by atoms with van der Waals surface area (Å²) in [6.45, 7) is 4.33. The molecule has 0 heterocycles. The highest BCUT2D eigenvalue weighted by molar-refractivity contribution is 9.10. The zero-order chi connectivity index (χ0) is 22.9. The molecule has 0 fully saturated rings. The van der Waals surface area contributed by atoms with Gasteiger partial charge in [-0.3, -0.25) is 20.4 Å². The monoisotopic (exact) mass is 496 g/mol. The molecule has 3 aromatic carbocycles. The Kier molecular flexibility index (Phi) is 8.27. The lowest BCUT2D eigenvalue weighted by molar-refractivity contribution is -0.123. The second-order valence-corrected chi connectivity index (χ2v) is 8.34. The Morgan fingerprint density at radius 1 is 0.906 bits per heavy atom. The van der Waals surface area contributed by atoms with Crippen molar-refractivity contribution in [2.45, 2.75) is 26.4 Å². The Morgan fingerprint density at radius 2 is 1.62 bits per heavy atom. The molecular weight excluding hydrogens is 472 g/mol. The summed E-state index contributed by atoms with van der Waals surface area (Å²) in [5.41, 5.74) is 7.21. The lowest BCUT2D eigenvalue weighted by atomic mass is 10.0. The molecular formula is C25H25BrN2O4. The van der Waals surface area contributed by atoms with Crippen LogP contribution >= 0.6 is 15.9 Å². The van der Waals surface area contributed by atoms with E-state index in [1.54, 1.807) is 24.3 Å². The number of benzene rings is 3. The molecule has 0 aliphatic heterocycles. The van der Waals surface area contributed by atoms with Gasteiger partial charge < -0.3 is 9.47 Å². The van der Waals surface area contributed by atoms with Gasteiger partial charge in [-0.15, -0.1) is 0 Å². The molecule has 166 valence electrons. The van der Waals surface area contributed by atoms with Crippen molar-refractivity contribution in [2.24, 2.45) is 0 Å². The minimum Gasteiger partial charge on any atom is -0.489 e. The number of nitrogens with one attached hydrogen (secondary N) is 2. The Labute approximate surface area is 196 Å². The fraction of sp³-hybridized carbons (Fsp3) is 0.200. The molecule has 0 saturated carbocycles. The van der Waals surface area contributed by atoms with Gasteiger partial charge in [0, 0.05) is 10.0 Å². The third kappa shape index (κ3) is 6.85. The van der Waals surface area contributed by atoms with E-state index in [9.17, 15) is 9.59 Å².